The quantitative estimate of drug-likeness (QED) is 0.190. The first kappa shape index (κ1) is 25.7. The highest BCUT2D eigenvalue weighted by Gasteiger charge is 2.23. The maximum Gasteiger partial charge on any atom is 0.0548 e. The predicted octanol–water partition coefficient (Wildman–Crippen LogP) is 12.2. The van der Waals surface area contributed by atoms with E-state index in [2.05, 4.69) is 167 Å². The molecule has 10 rings (SSSR count). The molecule has 46 heavy (non-hydrogen) atoms. The molecule has 3 heterocycles. The van der Waals surface area contributed by atoms with Crippen LogP contribution in [-0.4, -0.2) is 9.13 Å². The van der Waals surface area contributed by atoms with Gasteiger partial charge in [-0.05, 0) is 72.2 Å². The van der Waals surface area contributed by atoms with Crippen LogP contribution in [0, 0.1) is 0 Å². The Labute approximate surface area is 270 Å². The molecule has 0 saturated heterocycles. The maximum atomic E-state index is 2.46. The number of benzene rings is 6. The Balaban J connectivity index is 1.28. The van der Waals surface area contributed by atoms with Crippen molar-refractivity contribution in [2.45, 2.75) is 6.42 Å². The molecule has 0 radical (unpaired) electrons. The fraction of sp³-hybridized carbons (Fsp3) is 0.0233. The van der Waals surface area contributed by atoms with Crippen LogP contribution in [0.3, 0.4) is 0 Å². The zero-order valence-electron chi connectivity index (χ0n) is 25.0. The predicted molar refractivity (Wildman–Crippen MR) is 199 cm³/mol. The summed E-state index contributed by atoms with van der Waals surface area (Å²) in [5.41, 5.74) is 11.0. The molecule has 0 N–H and O–H groups in total. The van der Waals surface area contributed by atoms with Gasteiger partial charge in [-0.25, -0.2) is 0 Å². The summed E-state index contributed by atoms with van der Waals surface area (Å²) in [6, 6.07) is 48.9. The normalized spacial score (nSPS) is 13.0. The van der Waals surface area contributed by atoms with E-state index in [0.717, 1.165) is 6.42 Å². The first-order chi connectivity index (χ1) is 22.8. The molecule has 0 spiro atoms. The van der Waals surface area contributed by atoms with Crippen molar-refractivity contribution in [3.8, 4) is 22.5 Å². The third kappa shape index (κ3) is 3.70. The summed E-state index contributed by atoms with van der Waals surface area (Å²) >= 11 is 1.87. The minimum absolute atomic E-state index is 0.924. The summed E-state index contributed by atoms with van der Waals surface area (Å²) in [6.07, 6.45) is 10.1. The van der Waals surface area contributed by atoms with Gasteiger partial charge in [0.1, 0.15) is 0 Å². The van der Waals surface area contributed by atoms with Gasteiger partial charge in [-0.1, -0.05) is 103 Å². The molecule has 3 heteroatoms. The standard InChI is InChI=1S/C43H28N2S/c1-3-12-28(13-4-1)29-14-11-15-30(26-29)44-36-19-6-2-5-17-34(36)42-38(44)24-25-39-43(42)35-18-7-9-20-37(35)45(39)31-22-23-33-32-16-8-10-21-40(32)46-41(33)27-31/h1,3-27H,2H2. The lowest BCUT2D eigenvalue weighted by Crippen LogP contribution is -1.97. The van der Waals surface area contributed by atoms with E-state index >= 15 is 0 Å². The molecule has 2 nitrogen and oxygen atoms in total. The van der Waals surface area contributed by atoms with Crippen LogP contribution in [0.2, 0.25) is 0 Å². The molecule has 1 aliphatic rings. The number of hydrogen-bond acceptors (Lipinski definition) is 1. The van der Waals surface area contributed by atoms with Gasteiger partial charge in [-0.2, -0.15) is 0 Å². The number of aromatic nitrogens is 2. The van der Waals surface area contributed by atoms with Crippen molar-refractivity contribution >= 4 is 76.4 Å². The molecule has 0 unspecified atom stereocenters. The SMILES string of the molecule is C1=Cc2c(n(-c3cccc(-c4ccccc4)c3)c3ccc4c(c5ccccc5n4-c4ccc5c(c4)sc4ccccc45)c23)C=CC1. The van der Waals surface area contributed by atoms with Crippen LogP contribution in [0.25, 0.3) is 87.5 Å². The third-order valence-electron chi connectivity index (χ3n) is 9.51. The molecule has 0 aliphatic heterocycles. The highest BCUT2D eigenvalue weighted by molar-refractivity contribution is 7.25. The summed E-state index contributed by atoms with van der Waals surface area (Å²) in [5.74, 6) is 0. The summed E-state index contributed by atoms with van der Waals surface area (Å²) < 4.78 is 7.57. The van der Waals surface area contributed by atoms with Crippen molar-refractivity contribution < 1.29 is 0 Å². The fourth-order valence-corrected chi connectivity index (χ4v) is 8.67. The first-order valence-electron chi connectivity index (χ1n) is 15.8. The van der Waals surface area contributed by atoms with Crippen molar-refractivity contribution in [1.29, 1.82) is 0 Å². The van der Waals surface area contributed by atoms with E-state index in [0.29, 0.717) is 0 Å². The second kappa shape index (κ2) is 9.93. The van der Waals surface area contributed by atoms with Crippen LogP contribution < -0.4 is 0 Å². The van der Waals surface area contributed by atoms with Crippen molar-refractivity contribution in [2.24, 2.45) is 0 Å². The van der Waals surface area contributed by atoms with E-state index in [1.54, 1.807) is 0 Å². The van der Waals surface area contributed by atoms with Gasteiger partial charge >= 0.3 is 0 Å². The first-order valence-corrected chi connectivity index (χ1v) is 16.7. The van der Waals surface area contributed by atoms with E-state index in [1.807, 2.05) is 11.3 Å². The molecular weight excluding hydrogens is 577 g/mol. The van der Waals surface area contributed by atoms with Gasteiger partial charge in [0.25, 0.3) is 0 Å². The Morgan fingerprint density at radius 2 is 1.17 bits per heavy atom. The van der Waals surface area contributed by atoms with E-state index < -0.39 is 0 Å². The molecule has 0 fully saturated rings. The smallest absolute Gasteiger partial charge is 0.0548 e. The average Bonchev–Trinajstić information content (AvgIpc) is 3.68. The zero-order valence-corrected chi connectivity index (χ0v) is 25.8. The van der Waals surface area contributed by atoms with Gasteiger partial charge in [0, 0.05) is 53.3 Å². The van der Waals surface area contributed by atoms with Crippen LogP contribution >= 0.6 is 11.3 Å². The monoisotopic (exact) mass is 604 g/mol. The number of allylic oxidation sites excluding steroid dienone is 2. The molecule has 3 aromatic heterocycles. The molecular formula is C43H28N2S. The van der Waals surface area contributed by atoms with Crippen LogP contribution in [0.1, 0.15) is 17.7 Å². The zero-order chi connectivity index (χ0) is 30.2. The summed E-state index contributed by atoms with van der Waals surface area (Å²) in [4.78, 5) is 0. The van der Waals surface area contributed by atoms with E-state index in [9.17, 15) is 0 Å². The van der Waals surface area contributed by atoms with Gasteiger partial charge in [0.15, 0.2) is 0 Å². The topological polar surface area (TPSA) is 9.86 Å². The van der Waals surface area contributed by atoms with E-state index in [1.165, 1.54) is 86.6 Å². The number of nitrogens with zero attached hydrogens (tertiary/aromatic N) is 2. The average molecular weight is 605 g/mol. The van der Waals surface area contributed by atoms with Crippen molar-refractivity contribution in [1.82, 2.24) is 9.13 Å². The van der Waals surface area contributed by atoms with Crippen LogP contribution in [0.5, 0.6) is 0 Å². The Hall–Kier alpha value is -5.64. The minimum atomic E-state index is 0.924. The lowest BCUT2D eigenvalue weighted by atomic mass is 10.0. The number of rotatable bonds is 3. The van der Waals surface area contributed by atoms with Gasteiger partial charge in [-0.3, -0.25) is 0 Å². The van der Waals surface area contributed by atoms with E-state index in [4.69, 9.17) is 0 Å². The molecule has 0 bridgehead atoms. The molecule has 0 amide bonds. The maximum absolute atomic E-state index is 2.46. The van der Waals surface area contributed by atoms with Gasteiger partial charge in [0.05, 0.1) is 22.2 Å². The lowest BCUT2D eigenvalue weighted by Gasteiger charge is -2.12. The molecule has 0 saturated carbocycles. The highest BCUT2D eigenvalue weighted by Crippen LogP contribution is 2.44. The second-order valence-corrected chi connectivity index (χ2v) is 13.2. The number of para-hydroxylation sites is 1. The van der Waals surface area contributed by atoms with Crippen molar-refractivity contribution in [2.75, 3.05) is 0 Å². The third-order valence-corrected chi connectivity index (χ3v) is 10.6. The van der Waals surface area contributed by atoms with Gasteiger partial charge in [0.2, 0.25) is 0 Å². The Kier molecular flexibility index (Phi) is 5.54. The van der Waals surface area contributed by atoms with E-state index in [-0.39, 0.29) is 0 Å². The summed E-state index contributed by atoms with van der Waals surface area (Å²) in [7, 11) is 0. The Morgan fingerprint density at radius 1 is 0.457 bits per heavy atom. The van der Waals surface area contributed by atoms with Crippen LogP contribution in [0.15, 0.2) is 146 Å². The van der Waals surface area contributed by atoms with Crippen LogP contribution in [-0.2, 0) is 0 Å². The molecule has 0 atom stereocenters. The molecule has 9 aromatic rings. The summed E-state index contributed by atoms with van der Waals surface area (Å²) in [5, 5.41) is 6.54. The second-order valence-electron chi connectivity index (χ2n) is 12.1. The van der Waals surface area contributed by atoms with Crippen LogP contribution in [0.4, 0.5) is 0 Å². The van der Waals surface area contributed by atoms with Crippen molar-refractivity contribution in [3.05, 3.63) is 157 Å². The number of fused-ring (bicyclic) bond motifs is 10. The summed E-state index contributed by atoms with van der Waals surface area (Å²) in [6.45, 7) is 0. The number of hydrogen-bond donors (Lipinski definition) is 0. The van der Waals surface area contributed by atoms with Crippen molar-refractivity contribution in [3.63, 3.8) is 0 Å². The Bertz CT molecular complexity index is 2710. The minimum Gasteiger partial charge on any atom is -0.309 e. The Morgan fingerprint density at radius 3 is 2.09 bits per heavy atom. The van der Waals surface area contributed by atoms with Gasteiger partial charge < -0.3 is 9.13 Å². The highest BCUT2D eigenvalue weighted by atomic mass is 32.1. The van der Waals surface area contributed by atoms with Gasteiger partial charge in [-0.15, -0.1) is 11.3 Å². The largest absolute Gasteiger partial charge is 0.309 e. The fourth-order valence-electron chi connectivity index (χ4n) is 7.53. The molecule has 1 aliphatic carbocycles. The molecule has 216 valence electrons. The molecule has 6 aromatic carbocycles. The lowest BCUT2D eigenvalue weighted by molar-refractivity contribution is 1.11. The number of thiophene rings is 1.